The van der Waals surface area contributed by atoms with Gasteiger partial charge < -0.3 is 19.8 Å². The van der Waals surface area contributed by atoms with Gasteiger partial charge in [-0.25, -0.2) is 9.59 Å². The molecule has 1 aromatic carbocycles. The Bertz CT molecular complexity index is 888. The summed E-state index contributed by atoms with van der Waals surface area (Å²) in [5.74, 6) is -1.75. The summed E-state index contributed by atoms with van der Waals surface area (Å²) in [5.41, 5.74) is 2.68. The van der Waals surface area contributed by atoms with Gasteiger partial charge in [-0.2, -0.15) is 0 Å². The van der Waals surface area contributed by atoms with Crippen LogP contribution in [0.15, 0.2) is 18.2 Å². The number of nitrogens with one attached hydrogen (secondary N) is 2. The highest BCUT2D eigenvalue weighted by Crippen LogP contribution is 2.21. The van der Waals surface area contributed by atoms with Crippen LogP contribution in [0.1, 0.15) is 44.6 Å². The third-order valence-corrected chi connectivity index (χ3v) is 4.32. The molecule has 7 nitrogen and oxygen atoms in total. The van der Waals surface area contributed by atoms with Crippen LogP contribution in [0.25, 0.3) is 0 Å². The summed E-state index contributed by atoms with van der Waals surface area (Å²) in [4.78, 5) is 39.1. The van der Waals surface area contributed by atoms with E-state index in [1.54, 1.807) is 39.0 Å². The number of halogens is 1. The number of carbonyl (C=O) groups excluding carboxylic acids is 3. The molecule has 0 unspecified atom stereocenters. The highest BCUT2D eigenvalue weighted by Gasteiger charge is 2.24. The first-order valence-corrected chi connectivity index (χ1v) is 8.71. The zero-order valence-electron chi connectivity index (χ0n) is 15.6. The molecule has 2 aromatic rings. The van der Waals surface area contributed by atoms with E-state index in [2.05, 4.69) is 10.3 Å². The van der Waals surface area contributed by atoms with Crippen LogP contribution in [0.3, 0.4) is 0 Å². The minimum atomic E-state index is -0.700. The van der Waals surface area contributed by atoms with Crippen LogP contribution in [0.2, 0.25) is 5.02 Å². The number of aryl methyl sites for hydroxylation is 2. The number of aromatic nitrogens is 1. The number of aromatic amines is 1. The van der Waals surface area contributed by atoms with E-state index in [0.717, 1.165) is 5.56 Å². The van der Waals surface area contributed by atoms with Gasteiger partial charge in [-0.15, -0.1) is 0 Å². The average Bonchev–Trinajstić information content (AvgIpc) is 2.91. The lowest BCUT2D eigenvalue weighted by atomic mass is 10.1. The predicted octanol–water partition coefficient (Wildman–Crippen LogP) is 3.57. The molecule has 8 heteroatoms. The van der Waals surface area contributed by atoms with Crippen molar-refractivity contribution in [2.75, 3.05) is 18.5 Å². The van der Waals surface area contributed by atoms with Gasteiger partial charge in [0.25, 0.3) is 5.91 Å². The summed E-state index contributed by atoms with van der Waals surface area (Å²) < 4.78 is 10.0. The molecule has 0 spiro atoms. The minimum absolute atomic E-state index is 0.194. The summed E-state index contributed by atoms with van der Waals surface area (Å²) in [5, 5.41) is 3.13. The number of rotatable bonds is 6. The van der Waals surface area contributed by atoms with Crippen LogP contribution in [-0.4, -0.2) is 36.0 Å². The molecule has 0 bridgehead atoms. The van der Waals surface area contributed by atoms with E-state index < -0.39 is 24.5 Å². The standard InChI is InChI=1S/C19H21ClN2O5/c1-5-26-19(25)17-11(3)16(12(4)21-17)18(24)27-9-15(23)22-13-7-6-10(2)14(20)8-13/h6-8,21H,5,9H2,1-4H3,(H,22,23). The molecule has 0 saturated carbocycles. The molecule has 0 aliphatic rings. The number of esters is 2. The van der Waals surface area contributed by atoms with Crippen molar-refractivity contribution in [3.63, 3.8) is 0 Å². The first-order valence-electron chi connectivity index (χ1n) is 8.34. The summed E-state index contributed by atoms with van der Waals surface area (Å²) in [6.45, 7) is 6.55. The van der Waals surface area contributed by atoms with Gasteiger partial charge in [0, 0.05) is 16.4 Å². The van der Waals surface area contributed by atoms with E-state index in [1.165, 1.54) is 0 Å². The van der Waals surface area contributed by atoms with Crippen LogP contribution >= 0.6 is 11.6 Å². The Balaban J connectivity index is 2.02. The lowest BCUT2D eigenvalue weighted by Gasteiger charge is -2.08. The number of benzene rings is 1. The van der Waals surface area contributed by atoms with E-state index in [1.807, 2.05) is 6.92 Å². The van der Waals surface area contributed by atoms with Crippen molar-refractivity contribution in [1.82, 2.24) is 4.98 Å². The molecule has 1 aromatic heterocycles. The van der Waals surface area contributed by atoms with Crippen LogP contribution in [0.5, 0.6) is 0 Å². The summed E-state index contributed by atoms with van der Waals surface area (Å²) >= 11 is 6.01. The van der Waals surface area contributed by atoms with Crippen molar-refractivity contribution >= 4 is 35.1 Å². The number of amides is 1. The quantitative estimate of drug-likeness (QED) is 0.732. The van der Waals surface area contributed by atoms with Crippen molar-refractivity contribution in [3.05, 3.63) is 51.3 Å². The fraction of sp³-hybridized carbons (Fsp3) is 0.316. The lowest BCUT2D eigenvalue weighted by molar-refractivity contribution is -0.119. The summed E-state index contributed by atoms with van der Waals surface area (Å²) in [7, 11) is 0. The van der Waals surface area contributed by atoms with Gasteiger partial charge >= 0.3 is 11.9 Å². The molecule has 1 heterocycles. The molecule has 27 heavy (non-hydrogen) atoms. The Morgan fingerprint density at radius 3 is 2.44 bits per heavy atom. The SMILES string of the molecule is CCOC(=O)c1[nH]c(C)c(C(=O)OCC(=O)Nc2ccc(C)c(Cl)c2)c1C. The zero-order valence-corrected chi connectivity index (χ0v) is 16.3. The number of anilines is 1. The smallest absolute Gasteiger partial charge is 0.355 e. The Kier molecular flexibility index (Phi) is 6.63. The van der Waals surface area contributed by atoms with Crippen molar-refractivity contribution in [1.29, 1.82) is 0 Å². The van der Waals surface area contributed by atoms with Gasteiger partial charge in [0.1, 0.15) is 5.69 Å². The van der Waals surface area contributed by atoms with Gasteiger partial charge in [0.2, 0.25) is 0 Å². The van der Waals surface area contributed by atoms with E-state index in [9.17, 15) is 14.4 Å². The minimum Gasteiger partial charge on any atom is -0.461 e. The van der Waals surface area contributed by atoms with Crippen molar-refractivity contribution < 1.29 is 23.9 Å². The van der Waals surface area contributed by atoms with Crippen molar-refractivity contribution in [3.8, 4) is 0 Å². The number of hydrogen-bond donors (Lipinski definition) is 2. The van der Waals surface area contributed by atoms with Gasteiger partial charge in [-0.3, -0.25) is 4.79 Å². The lowest BCUT2D eigenvalue weighted by Crippen LogP contribution is -2.21. The second-order valence-electron chi connectivity index (χ2n) is 5.93. The monoisotopic (exact) mass is 392 g/mol. The maximum atomic E-state index is 12.3. The fourth-order valence-corrected chi connectivity index (χ4v) is 2.72. The van der Waals surface area contributed by atoms with Crippen LogP contribution in [0.4, 0.5) is 5.69 Å². The average molecular weight is 393 g/mol. The number of carbonyl (C=O) groups is 3. The fourth-order valence-electron chi connectivity index (χ4n) is 2.53. The molecule has 0 fully saturated rings. The number of hydrogen-bond acceptors (Lipinski definition) is 5. The highest BCUT2D eigenvalue weighted by atomic mass is 35.5. The van der Waals surface area contributed by atoms with Crippen LogP contribution < -0.4 is 5.32 Å². The summed E-state index contributed by atoms with van der Waals surface area (Å²) in [6.07, 6.45) is 0. The van der Waals surface area contributed by atoms with Crippen molar-refractivity contribution in [2.24, 2.45) is 0 Å². The van der Waals surface area contributed by atoms with E-state index >= 15 is 0 Å². The molecule has 0 atom stereocenters. The molecule has 1 amide bonds. The first-order chi connectivity index (χ1) is 12.7. The van der Waals surface area contributed by atoms with Gasteiger partial charge in [0.05, 0.1) is 12.2 Å². The van der Waals surface area contributed by atoms with E-state index in [-0.39, 0.29) is 17.9 Å². The van der Waals surface area contributed by atoms with Crippen LogP contribution in [-0.2, 0) is 14.3 Å². The van der Waals surface area contributed by atoms with Crippen molar-refractivity contribution in [2.45, 2.75) is 27.7 Å². The third kappa shape index (κ3) is 4.89. The normalized spacial score (nSPS) is 10.4. The molecular formula is C19H21ClN2O5. The molecule has 144 valence electrons. The maximum absolute atomic E-state index is 12.3. The summed E-state index contributed by atoms with van der Waals surface area (Å²) in [6, 6.07) is 5.09. The second-order valence-corrected chi connectivity index (χ2v) is 6.34. The Labute approximate surface area is 162 Å². The molecule has 0 aliphatic carbocycles. The van der Waals surface area contributed by atoms with Gasteiger partial charge in [-0.05, 0) is 51.0 Å². The zero-order chi connectivity index (χ0) is 20.1. The predicted molar refractivity (Wildman–Crippen MR) is 101 cm³/mol. The number of H-pyrrole nitrogens is 1. The van der Waals surface area contributed by atoms with Crippen LogP contribution in [0, 0.1) is 20.8 Å². The van der Waals surface area contributed by atoms with E-state index in [0.29, 0.717) is 22.0 Å². The molecule has 0 saturated heterocycles. The van der Waals surface area contributed by atoms with Gasteiger partial charge in [-0.1, -0.05) is 17.7 Å². The molecule has 0 aliphatic heterocycles. The first kappa shape index (κ1) is 20.5. The Morgan fingerprint density at radius 1 is 1.11 bits per heavy atom. The maximum Gasteiger partial charge on any atom is 0.355 e. The number of ether oxygens (including phenoxy) is 2. The Morgan fingerprint density at radius 2 is 1.81 bits per heavy atom. The molecule has 0 radical (unpaired) electrons. The Hall–Kier alpha value is -2.80. The third-order valence-electron chi connectivity index (χ3n) is 3.91. The van der Waals surface area contributed by atoms with Gasteiger partial charge in [0.15, 0.2) is 6.61 Å². The molecule has 2 rings (SSSR count). The molecular weight excluding hydrogens is 372 g/mol. The largest absolute Gasteiger partial charge is 0.461 e. The highest BCUT2D eigenvalue weighted by molar-refractivity contribution is 6.31. The van der Waals surface area contributed by atoms with E-state index in [4.69, 9.17) is 21.1 Å². The molecule has 2 N–H and O–H groups in total. The topological polar surface area (TPSA) is 97.5 Å². The second kappa shape index (κ2) is 8.73.